The third-order valence-corrected chi connectivity index (χ3v) is 5.23. The summed E-state index contributed by atoms with van der Waals surface area (Å²) in [4.78, 5) is 0. The molecule has 0 N–H and O–H groups in total. The molecule has 2 rings (SSSR count). The van der Waals surface area contributed by atoms with Crippen LogP contribution in [0.25, 0.3) is 10.8 Å². The lowest BCUT2D eigenvalue weighted by molar-refractivity contribution is 0.132. The largest absolute Gasteiger partial charge is 0.513 e. The molecular weight excluding hydrogens is 288 g/mol. The molecule has 0 atom stereocenters. The number of benzene rings is 2. The first-order valence-electron chi connectivity index (χ1n) is 5.77. The fraction of sp³-hybridized carbons (Fsp3) is 0.286. The Bertz CT molecular complexity index is 531. The normalized spacial score (nSPS) is 11.3. The van der Waals surface area contributed by atoms with Gasteiger partial charge in [-0.05, 0) is 37.6 Å². The van der Waals surface area contributed by atoms with Crippen LogP contribution < -0.4 is 8.43 Å². The van der Waals surface area contributed by atoms with Crippen molar-refractivity contribution in [3.8, 4) is 5.75 Å². The summed E-state index contributed by atoms with van der Waals surface area (Å²) in [6, 6.07) is 12.7. The summed E-state index contributed by atoms with van der Waals surface area (Å²) in [5, 5.41) is 2.61. The minimum Gasteiger partial charge on any atom is -0.490 e. The van der Waals surface area contributed by atoms with Crippen molar-refractivity contribution in [3.63, 3.8) is 0 Å². The first-order chi connectivity index (χ1) is 8.01. The molecule has 0 amide bonds. The van der Waals surface area contributed by atoms with E-state index in [9.17, 15) is 0 Å². The van der Waals surface area contributed by atoms with Crippen LogP contribution in [-0.4, -0.2) is 23.8 Å². The van der Waals surface area contributed by atoms with E-state index in [0.29, 0.717) is 0 Å². The van der Waals surface area contributed by atoms with Crippen LogP contribution in [0.15, 0.2) is 36.4 Å². The smallest absolute Gasteiger partial charge is 0.490 e. The number of hydrogen-bond donors (Lipinski definition) is 0. The monoisotopic (exact) mass is 302 g/mol. The Morgan fingerprint density at radius 3 is 2.41 bits per heavy atom. The van der Waals surface area contributed by atoms with Gasteiger partial charge in [-0.1, -0.05) is 30.3 Å². The van der Waals surface area contributed by atoms with Gasteiger partial charge < -0.3 is 4.74 Å². The Labute approximate surface area is 118 Å². The maximum absolute atomic E-state index is 6.04. The van der Waals surface area contributed by atoms with E-state index in [4.69, 9.17) is 4.74 Å². The van der Waals surface area contributed by atoms with Crippen molar-refractivity contribution in [2.24, 2.45) is 0 Å². The molecule has 0 unspecified atom stereocenters. The lowest BCUT2D eigenvalue weighted by Gasteiger charge is -2.24. The average molecular weight is 303 g/mol. The summed E-state index contributed by atoms with van der Waals surface area (Å²) >= 11 is 3.25. The van der Waals surface area contributed by atoms with E-state index in [2.05, 4.69) is 70.1 Å². The molecule has 0 aliphatic heterocycles. The molecule has 86 valence electrons. The van der Waals surface area contributed by atoms with Gasteiger partial charge in [0, 0.05) is 0 Å². The fourth-order valence-corrected chi connectivity index (χ4v) is 4.40. The molecule has 0 fully saturated rings. The first kappa shape index (κ1) is 13.2. The van der Waals surface area contributed by atoms with Crippen LogP contribution in [-0.2, 0) is 0 Å². The Balaban J connectivity index is 2.57. The zero-order valence-corrected chi connectivity index (χ0v) is 13.5. The van der Waals surface area contributed by atoms with Crippen molar-refractivity contribution in [2.45, 2.75) is 26.4 Å². The van der Waals surface area contributed by atoms with Crippen molar-refractivity contribution in [1.82, 2.24) is 0 Å². The highest BCUT2D eigenvalue weighted by atomic mass is 79.9. The number of ether oxygens (including phenoxy) is 1. The Morgan fingerprint density at radius 1 is 1.06 bits per heavy atom. The molecule has 0 radical (unpaired) electrons. The van der Waals surface area contributed by atoms with E-state index in [1.807, 2.05) is 0 Å². The van der Waals surface area contributed by atoms with Gasteiger partial charge in [0.25, 0.3) is 0 Å². The molecule has 3 heteroatoms. The topological polar surface area (TPSA) is 9.23 Å². The summed E-state index contributed by atoms with van der Waals surface area (Å²) in [5.41, 5.74) is -0.145. The van der Waals surface area contributed by atoms with Gasteiger partial charge in [-0.3, -0.25) is 12.9 Å². The molecule has 0 heterocycles. The number of halogens is 1. The van der Waals surface area contributed by atoms with E-state index in [1.165, 1.54) is 14.5 Å². The second-order valence-corrected chi connectivity index (χ2v) is 7.77. The minimum absolute atomic E-state index is 0.145. The lowest BCUT2D eigenvalue weighted by Crippen LogP contribution is -2.27. The molecule has 0 aliphatic carbocycles. The van der Waals surface area contributed by atoms with E-state index in [-0.39, 0.29) is 5.60 Å². The van der Waals surface area contributed by atoms with Crippen molar-refractivity contribution in [3.05, 3.63) is 36.4 Å². The lowest BCUT2D eigenvalue weighted by atomic mass is 10.1. The van der Waals surface area contributed by atoms with Gasteiger partial charge >= 0.3 is 18.2 Å². The molecule has 0 aromatic heterocycles. The van der Waals surface area contributed by atoms with Crippen LogP contribution in [0, 0.1) is 0 Å². The zero-order valence-electron chi connectivity index (χ0n) is 10.5. The number of hydrogen-bond acceptors (Lipinski definition) is 1. The van der Waals surface area contributed by atoms with Gasteiger partial charge in [-0.25, -0.2) is 0 Å². The van der Waals surface area contributed by atoms with Gasteiger partial charge in [0.15, 0.2) is 0 Å². The number of rotatable bonds is 2. The SMILES string of the molecule is CC(C)(C)Oc1ccc2ccccc2[c]1[Mg][Br]. The second kappa shape index (κ2) is 5.17. The van der Waals surface area contributed by atoms with Gasteiger partial charge in [-0.2, -0.15) is 0 Å². The Kier molecular flexibility index (Phi) is 4.01. The Hall–Kier alpha value is -0.254. The zero-order chi connectivity index (χ0) is 12.5. The molecule has 2 aromatic rings. The highest BCUT2D eigenvalue weighted by molar-refractivity contribution is 9.23. The molecule has 0 spiro atoms. The van der Waals surface area contributed by atoms with Crippen molar-refractivity contribution in [1.29, 1.82) is 0 Å². The third kappa shape index (κ3) is 3.15. The van der Waals surface area contributed by atoms with Crippen LogP contribution >= 0.6 is 12.9 Å². The molecule has 0 saturated carbocycles. The van der Waals surface area contributed by atoms with Crippen molar-refractivity contribution in [2.75, 3.05) is 0 Å². The highest BCUT2D eigenvalue weighted by Crippen LogP contribution is 2.22. The molecule has 1 nitrogen and oxygen atoms in total. The second-order valence-electron chi connectivity index (χ2n) is 5.11. The van der Waals surface area contributed by atoms with Crippen LogP contribution in [0.4, 0.5) is 0 Å². The van der Waals surface area contributed by atoms with Crippen LogP contribution in [0.3, 0.4) is 0 Å². The predicted octanol–water partition coefficient (Wildman–Crippen LogP) is 3.66. The van der Waals surface area contributed by atoms with Gasteiger partial charge in [0.1, 0.15) is 5.60 Å². The van der Waals surface area contributed by atoms with Crippen LogP contribution in [0.1, 0.15) is 20.8 Å². The quantitative estimate of drug-likeness (QED) is 0.769. The number of fused-ring (bicyclic) bond motifs is 1. The summed E-state index contributed by atoms with van der Waals surface area (Å²) in [6.45, 7) is 6.26. The van der Waals surface area contributed by atoms with E-state index < -0.39 is 18.2 Å². The van der Waals surface area contributed by atoms with Crippen molar-refractivity contribution >= 4 is 45.5 Å². The third-order valence-electron chi connectivity index (χ3n) is 2.55. The maximum atomic E-state index is 6.04. The van der Waals surface area contributed by atoms with Gasteiger partial charge in [-0.15, -0.1) is 3.69 Å². The predicted molar refractivity (Wildman–Crippen MR) is 78.6 cm³/mol. The fourth-order valence-electron chi connectivity index (χ4n) is 1.88. The minimum atomic E-state index is -0.441. The van der Waals surface area contributed by atoms with Crippen molar-refractivity contribution < 1.29 is 4.74 Å². The summed E-state index contributed by atoms with van der Waals surface area (Å²) < 4.78 is 7.40. The van der Waals surface area contributed by atoms with Crippen LogP contribution in [0.5, 0.6) is 5.75 Å². The maximum Gasteiger partial charge on any atom is 0.513 e. The molecular formula is C14H15BrMgO. The summed E-state index contributed by atoms with van der Waals surface area (Å²) in [5.74, 6) is 1.03. The van der Waals surface area contributed by atoms with E-state index in [1.54, 1.807) is 0 Å². The van der Waals surface area contributed by atoms with E-state index in [0.717, 1.165) is 5.75 Å². The first-order valence-corrected chi connectivity index (χ1v) is 10.4. The molecule has 17 heavy (non-hydrogen) atoms. The molecule has 0 aliphatic rings. The van der Waals surface area contributed by atoms with Gasteiger partial charge in [0.2, 0.25) is 0 Å². The summed E-state index contributed by atoms with van der Waals surface area (Å²) in [7, 11) is 0. The summed E-state index contributed by atoms with van der Waals surface area (Å²) in [6.07, 6.45) is 0. The van der Waals surface area contributed by atoms with Crippen LogP contribution in [0.2, 0.25) is 0 Å². The molecule has 0 bridgehead atoms. The molecule has 0 saturated heterocycles. The standard InChI is InChI=1S/C14H15O.BrH.Mg/c1-14(2,3)15-13-9-8-11-6-4-5-7-12(11)10-13;;/h4-9H,1-3H3;1H;/q;;+1/p-1. The van der Waals surface area contributed by atoms with E-state index >= 15 is 0 Å². The average Bonchev–Trinajstić information content (AvgIpc) is 2.27. The van der Waals surface area contributed by atoms with Gasteiger partial charge in [0.05, 0.1) is 5.75 Å². The Morgan fingerprint density at radius 2 is 1.76 bits per heavy atom. The highest BCUT2D eigenvalue weighted by Gasteiger charge is 2.16. The molecule has 2 aromatic carbocycles.